The summed E-state index contributed by atoms with van der Waals surface area (Å²) >= 11 is 0. The fraction of sp³-hybridized carbons (Fsp3) is 0.889. The number of likely N-dealkylation sites (tertiary alicyclic amines) is 1. The molecule has 4 nitrogen and oxygen atoms in total. The highest BCUT2D eigenvalue weighted by molar-refractivity contribution is 5.75. The van der Waals surface area contributed by atoms with Crippen LogP contribution < -0.4 is 11.5 Å². The van der Waals surface area contributed by atoms with Crippen LogP contribution in [-0.4, -0.2) is 36.5 Å². The van der Waals surface area contributed by atoms with Gasteiger partial charge in [-0.05, 0) is 38.8 Å². The summed E-state index contributed by atoms with van der Waals surface area (Å²) in [4.78, 5) is 12.9. The van der Waals surface area contributed by atoms with Crippen molar-refractivity contribution in [2.24, 2.45) is 17.4 Å². The average Bonchev–Trinajstić information content (AvgIpc) is 2.08. The van der Waals surface area contributed by atoms with Gasteiger partial charge in [0.2, 0.25) is 5.91 Å². The zero-order valence-corrected chi connectivity index (χ0v) is 8.20. The minimum atomic E-state index is -0.246. The monoisotopic (exact) mass is 185 g/mol. The van der Waals surface area contributed by atoms with Crippen LogP contribution in [0, 0.1) is 5.92 Å². The molecule has 1 fully saturated rings. The molecular formula is C9H19N3O. The van der Waals surface area contributed by atoms with Gasteiger partial charge in [-0.25, -0.2) is 0 Å². The van der Waals surface area contributed by atoms with Crippen molar-refractivity contribution in [2.45, 2.75) is 25.8 Å². The molecule has 1 saturated heterocycles. The second kappa shape index (κ2) is 4.58. The molecule has 2 atom stereocenters. The van der Waals surface area contributed by atoms with Crippen LogP contribution in [0.2, 0.25) is 0 Å². The lowest BCUT2D eigenvalue weighted by atomic mass is 9.90. The van der Waals surface area contributed by atoms with Crippen LogP contribution in [0.25, 0.3) is 0 Å². The van der Waals surface area contributed by atoms with E-state index in [9.17, 15) is 4.79 Å². The normalized spacial score (nSPS) is 30.3. The van der Waals surface area contributed by atoms with Crippen molar-refractivity contribution in [3.8, 4) is 0 Å². The third-order valence-electron chi connectivity index (χ3n) is 2.94. The molecule has 1 rings (SSSR count). The first-order valence-electron chi connectivity index (χ1n) is 4.87. The molecule has 1 aliphatic heterocycles. The van der Waals surface area contributed by atoms with E-state index in [4.69, 9.17) is 11.5 Å². The second-order valence-electron chi connectivity index (χ2n) is 3.82. The van der Waals surface area contributed by atoms with Gasteiger partial charge >= 0.3 is 0 Å². The van der Waals surface area contributed by atoms with E-state index in [1.807, 2.05) is 0 Å². The molecule has 1 aliphatic rings. The molecule has 76 valence electrons. The third-order valence-corrected chi connectivity index (χ3v) is 2.94. The highest BCUT2D eigenvalue weighted by Gasteiger charge is 2.27. The van der Waals surface area contributed by atoms with Gasteiger partial charge in [-0.15, -0.1) is 0 Å². The topological polar surface area (TPSA) is 72.3 Å². The predicted octanol–water partition coefficient (Wildman–Crippen LogP) is -0.469. The maximum absolute atomic E-state index is 10.8. The number of piperidine rings is 1. The van der Waals surface area contributed by atoms with Crippen molar-refractivity contribution < 1.29 is 4.79 Å². The van der Waals surface area contributed by atoms with E-state index in [1.165, 1.54) is 6.42 Å². The SMILES string of the molecule is C[C@@H]1[C@@H](CN)CCCN1CC(N)=O. The zero-order chi connectivity index (χ0) is 9.84. The van der Waals surface area contributed by atoms with E-state index in [-0.39, 0.29) is 5.91 Å². The van der Waals surface area contributed by atoms with E-state index in [0.29, 0.717) is 25.0 Å². The maximum atomic E-state index is 10.8. The van der Waals surface area contributed by atoms with Crippen LogP contribution >= 0.6 is 0 Å². The molecule has 0 aromatic carbocycles. The third kappa shape index (κ3) is 2.67. The predicted molar refractivity (Wildman–Crippen MR) is 52.0 cm³/mol. The van der Waals surface area contributed by atoms with Crippen LogP contribution in [0.5, 0.6) is 0 Å². The Morgan fingerprint density at radius 3 is 2.85 bits per heavy atom. The van der Waals surface area contributed by atoms with Crippen molar-refractivity contribution in [2.75, 3.05) is 19.6 Å². The van der Waals surface area contributed by atoms with E-state index in [1.54, 1.807) is 0 Å². The van der Waals surface area contributed by atoms with Crippen molar-refractivity contribution in [1.29, 1.82) is 0 Å². The summed E-state index contributed by atoms with van der Waals surface area (Å²) in [5.41, 5.74) is 10.8. The molecule has 0 aromatic rings. The fourth-order valence-corrected chi connectivity index (χ4v) is 2.04. The fourth-order valence-electron chi connectivity index (χ4n) is 2.04. The zero-order valence-electron chi connectivity index (χ0n) is 8.20. The number of nitrogens with zero attached hydrogens (tertiary/aromatic N) is 1. The first-order valence-corrected chi connectivity index (χ1v) is 4.87. The Kier molecular flexibility index (Phi) is 3.69. The number of carbonyl (C=O) groups excluding carboxylic acids is 1. The molecule has 0 unspecified atom stereocenters. The molecule has 0 aromatic heterocycles. The molecule has 0 radical (unpaired) electrons. The summed E-state index contributed by atoms with van der Waals surface area (Å²) in [6.07, 6.45) is 2.30. The lowest BCUT2D eigenvalue weighted by Crippen LogP contribution is -2.48. The van der Waals surface area contributed by atoms with Crippen molar-refractivity contribution in [1.82, 2.24) is 4.90 Å². The summed E-state index contributed by atoms with van der Waals surface area (Å²) < 4.78 is 0. The van der Waals surface area contributed by atoms with Gasteiger partial charge in [0.1, 0.15) is 0 Å². The largest absolute Gasteiger partial charge is 0.369 e. The summed E-state index contributed by atoms with van der Waals surface area (Å²) in [5, 5.41) is 0. The number of carbonyl (C=O) groups is 1. The Morgan fingerprint density at radius 1 is 1.62 bits per heavy atom. The van der Waals surface area contributed by atoms with Gasteiger partial charge in [0, 0.05) is 6.04 Å². The standard InChI is InChI=1S/C9H19N3O/c1-7-8(5-10)3-2-4-12(7)6-9(11)13/h7-8H,2-6,10H2,1H3,(H2,11,13)/t7-,8-/m1/s1. The molecule has 13 heavy (non-hydrogen) atoms. The Morgan fingerprint density at radius 2 is 2.31 bits per heavy atom. The van der Waals surface area contributed by atoms with Crippen molar-refractivity contribution in [3.63, 3.8) is 0 Å². The van der Waals surface area contributed by atoms with Gasteiger partial charge in [-0.3, -0.25) is 9.69 Å². The Balaban J connectivity index is 2.49. The lowest BCUT2D eigenvalue weighted by molar-refractivity contribution is -0.120. The number of hydrogen-bond acceptors (Lipinski definition) is 3. The van der Waals surface area contributed by atoms with Crippen LogP contribution in [0.3, 0.4) is 0 Å². The highest BCUT2D eigenvalue weighted by atomic mass is 16.1. The van der Waals surface area contributed by atoms with Crippen LogP contribution in [0.4, 0.5) is 0 Å². The van der Waals surface area contributed by atoms with E-state index in [2.05, 4.69) is 11.8 Å². The number of nitrogens with two attached hydrogens (primary N) is 2. The molecule has 4 heteroatoms. The smallest absolute Gasteiger partial charge is 0.231 e. The molecule has 4 N–H and O–H groups in total. The number of rotatable bonds is 3. The van der Waals surface area contributed by atoms with Gasteiger partial charge in [0.15, 0.2) is 0 Å². The van der Waals surface area contributed by atoms with Crippen LogP contribution in [0.1, 0.15) is 19.8 Å². The number of amides is 1. The number of primary amides is 1. The molecule has 1 amide bonds. The average molecular weight is 185 g/mol. The van der Waals surface area contributed by atoms with Gasteiger partial charge < -0.3 is 11.5 Å². The maximum Gasteiger partial charge on any atom is 0.231 e. The Bertz CT molecular complexity index is 184. The molecule has 1 heterocycles. The van der Waals surface area contributed by atoms with Crippen molar-refractivity contribution >= 4 is 5.91 Å². The van der Waals surface area contributed by atoms with Crippen molar-refractivity contribution in [3.05, 3.63) is 0 Å². The van der Waals surface area contributed by atoms with E-state index < -0.39 is 0 Å². The molecule has 0 bridgehead atoms. The van der Waals surface area contributed by atoms with Gasteiger partial charge in [-0.1, -0.05) is 0 Å². The quantitative estimate of drug-likeness (QED) is 0.624. The van der Waals surface area contributed by atoms with Crippen LogP contribution in [0.15, 0.2) is 0 Å². The number of hydrogen-bond donors (Lipinski definition) is 2. The Labute approximate surface area is 79.3 Å². The summed E-state index contributed by atoms with van der Waals surface area (Å²) in [5.74, 6) is 0.276. The summed E-state index contributed by atoms with van der Waals surface area (Å²) in [7, 11) is 0. The lowest BCUT2D eigenvalue weighted by Gasteiger charge is -2.38. The Hall–Kier alpha value is -0.610. The van der Waals surface area contributed by atoms with E-state index >= 15 is 0 Å². The molecule has 0 aliphatic carbocycles. The molecule has 0 spiro atoms. The summed E-state index contributed by atoms with van der Waals surface area (Å²) in [6, 6.07) is 0.395. The van der Waals surface area contributed by atoms with Gasteiger partial charge in [-0.2, -0.15) is 0 Å². The van der Waals surface area contributed by atoms with Gasteiger partial charge in [0.05, 0.1) is 6.54 Å². The first kappa shape index (κ1) is 10.5. The molecular weight excluding hydrogens is 166 g/mol. The highest BCUT2D eigenvalue weighted by Crippen LogP contribution is 2.21. The summed E-state index contributed by atoms with van der Waals surface area (Å²) in [6.45, 7) is 4.17. The molecule has 0 saturated carbocycles. The van der Waals surface area contributed by atoms with E-state index in [0.717, 1.165) is 13.0 Å². The second-order valence-corrected chi connectivity index (χ2v) is 3.82. The minimum absolute atomic E-state index is 0.246. The first-order chi connectivity index (χ1) is 6.15. The van der Waals surface area contributed by atoms with Crippen LogP contribution in [-0.2, 0) is 4.79 Å². The minimum Gasteiger partial charge on any atom is -0.369 e. The van der Waals surface area contributed by atoms with Gasteiger partial charge in [0.25, 0.3) is 0 Å².